The molecule has 88 valence electrons. The van der Waals surface area contributed by atoms with Crippen LogP contribution in [0.15, 0.2) is 48.7 Å². The molecule has 0 radical (unpaired) electrons. The minimum atomic E-state index is -0.328. The van der Waals surface area contributed by atoms with Gasteiger partial charge in [-0.15, -0.1) is 0 Å². The first kappa shape index (κ1) is 11.5. The summed E-state index contributed by atoms with van der Waals surface area (Å²) in [7, 11) is 0. The van der Waals surface area contributed by atoms with E-state index in [4.69, 9.17) is 4.74 Å². The van der Waals surface area contributed by atoms with Gasteiger partial charge in [-0.2, -0.15) is 0 Å². The third-order valence-corrected chi connectivity index (χ3v) is 2.61. The highest BCUT2D eigenvalue weighted by Crippen LogP contribution is 2.16. The quantitative estimate of drug-likeness (QED) is 0.596. The lowest BCUT2D eigenvalue weighted by molar-refractivity contribution is -0.138. The zero-order valence-corrected chi connectivity index (χ0v) is 9.85. The Balaban J connectivity index is 2.19. The van der Waals surface area contributed by atoms with Crippen LogP contribution in [0.4, 0.5) is 0 Å². The average Bonchev–Trinajstić information content (AvgIpc) is 2.73. The van der Waals surface area contributed by atoms with E-state index in [-0.39, 0.29) is 5.97 Å². The molecule has 0 fully saturated rings. The van der Waals surface area contributed by atoms with E-state index >= 15 is 0 Å². The standard InChI is InChI=1S/C14H15NO2/c1-3-17-14(16)11(2)10-15-9-8-12-6-4-5-7-13(12)15/h4-9H,2-3,10H2,1H3. The molecule has 17 heavy (non-hydrogen) atoms. The van der Waals surface area contributed by atoms with Gasteiger partial charge in [-0.1, -0.05) is 24.8 Å². The Morgan fingerprint density at radius 2 is 2.12 bits per heavy atom. The van der Waals surface area contributed by atoms with Crippen LogP contribution >= 0.6 is 0 Å². The van der Waals surface area contributed by atoms with Gasteiger partial charge in [0, 0.05) is 17.3 Å². The number of nitrogens with zero attached hydrogens (tertiary/aromatic N) is 1. The van der Waals surface area contributed by atoms with Gasteiger partial charge in [0.15, 0.2) is 0 Å². The van der Waals surface area contributed by atoms with Gasteiger partial charge in [0.1, 0.15) is 0 Å². The summed E-state index contributed by atoms with van der Waals surface area (Å²) in [6, 6.07) is 10.1. The third-order valence-electron chi connectivity index (χ3n) is 2.61. The monoisotopic (exact) mass is 229 g/mol. The Morgan fingerprint density at radius 1 is 1.35 bits per heavy atom. The predicted molar refractivity (Wildman–Crippen MR) is 67.7 cm³/mol. The second-order valence-electron chi connectivity index (χ2n) is 3.83. The molecule has 3 nitrogen and oxygen atoms in total. The van der Waals surface area contributed by atoms with Crippen LogP contribution < -0.4 is 0 Å². The highest BCUT2D eigenvalue weighted by Gasteiger charge is 2.09. The van der Waals surface area contributed by atoms with Crippen molar-refractivity contribution >= 4 is 16.9 Å². The molecule has 0 saturated carbocycles. The van der Waals surface area contributed by atoms with Crippen molar-refractivity contribution in [1.29, 1.82) is 0 Å². The molecular weight excluding hydrogens is 214 g/mol. The van der Waals surface area contributed by atoms with Gasteiger partial charge in [-0.25, -0.2) is 4.79 Å². The van der Waals surface area contributed by atoms with Crippen LogP contribution in [0.5, 0.6) is 0 Å². The Hall–Kier alpha value is -2.03. The van der Waals surface area contributed by atoms with Crippen molar-refractivity contribution in [2.75, 3.05) is 6.61 Å². The largest absolute Gasteiger partial charge is 0.463 e. The van der Waals surface area contributed by atoms with E-state index in [9.17, 15) is 4.79 Å². The van der Waals surface area contributed by atoms with Gasteiger partial charge < -0.3 is 9.30 Å². The number of esters is 1. The molecule has 0 aliphatic heterocycles. The first-order chi connectivity index (χ1) is 8.22. The lowest BCUT2D eigenvalue weighted by atomic mass is 10.2. The number of carbonyl (C=O) groups is 1. The van der Waals surface area contributed by atoms with Crippen LogP contribution in [0.3, 0.4) is 0 Å². The maximum Gasteiger partial charge on any atom is 0.335 e. The molecule has 0 amide bonds. The molecule has 0 N–H and O–H groups in total. The Labute approximate surface area is 100 Å². The van der Waals surface area contributed by atoms with Gasteiger partial charge in [0.05, 0.1) is 13.2 Å². The first-order valence-electron chi connectivity index (χ1n) is 5.61. The SMILES string of the molecule is C=C(Cn1ccc2ccccc21)C(=O)OCC. The van der Waals surface area contributed by atoms with Crippen LogP contribution in [0.1, 0.15) is 6.92 Å². The van der Waals surface area contributed by atoms with E-state index in [1.54, 1.807) is 6.92 Å². The maximum absolute atomic E-state index is 11.5. The minimum absolute atomic E-state index is 0.328. The number of hydrogen-bond acceptors (Lipinski definition) is 2. The molecule has 1 aromatic carbocycles. The van der Waals surface area contributed by atoms with Crippen molar-refractivity contribution in [2.24, 2.45) is 0 Å². The number of carbonyl (C=O) groups excluding carboxylic acids is 1. The number of rotatable bonds is 4. The van der Waals surface area contributed by atoms with Crippen LogP contribution in [0, 0.1) is 0 Å². The molecule has 1 aromatic heterocycles. The van der Waals surface area contributed by atoms with Crippen LogP contribution in [-0.4, -0.2) is 17.1 Å². The second kappa shape index (κ2) is 4.87. The van der Waals surface area contributed by atoms with Crippen LogP contribution in [0.25, 0.3) is 10.9 Å². The fourth-order valence-electron chi connectivity index (χ4n) is 1.78. The first-order valence-corrected chi connectivity index (χ1v) is 5.61. The highest BCUT2D eigenvalue weighted by atomic mass is 16.5. The average molecular weight is 229 g/mol. The summed E-state index contributed by atoms with van der Waals surface area (Å²) in [6.07, 6.45) is 1.95. The van der Waals surface area contributed by atoms with Gasteiger partial charge in [-0.3, -0.25) is 0 Å². The summed E-state index contributed by atoms with van der Waals surface area (Å²) in [5.41, 5.74) is 1.56. The Bertz CT molecular complexity index is 554. The third kappa shape index (κ3) is 2.38. The van der Waals surface area contributed by atoms with Gasteiger partial charge >= 0.3 is 5.97 Å². The number of para-hydroxylation sites is 1. The van der Waals surface area contributed by atoms with E-state index < -0.39 is 0 Å². The van der Waals surface area contributed by atoms with Crippen molar-refractivity contribution in [3.8, 4) is 0 Å². The summed E-state index contributed by atoms with van der Waals surface area (Å²) < 4.78 is 6.91. The lowest BCUT2D eigenvalue weighted by Crippen LogP contribution is -2.11. The van der Waals surface area contributed by atoms with E-state index in [2.05, 4.69) is 6.58 Å². The molecule has 0 bridgehead atoms. The van der Waals surface area contributed by atoms with E-state index in [1.165, 1.54) is 0 Å². The Kier molecular flexibility index (Phi) is 3.28. The minimum Gasteiger partial charge on any atom is -0.463 e. The fraction of sp³-hybridized carbons (Fsp3) is 0.214. The normalized spacial score (nSPS) is 10.4. The topological polar surface area (TPSA) is 31.2 Å². The van der Waals surface area contributed by atoms with Crippen LogP contribution in [-0.2, 0) is 16.1 Å². The molecule has 0 saturated heterocycles. The molecule has 2 rings (SSSR count). The van der Waals surface area contributed by atoms with Crippen molar-refractivity contribution in [1.82, 2.24) is 4.57 Å². The van der Waals surface area contributed by atoms with Crippen molar-refractivity contribution < 1.29 is 9.53 Å². The molecule has 2 aromatic rings. The molecule has 0 spiro atoms. The van der Waals surface area contributed by atoms with Crippen molar-refractivity contribution in [3.63, 3.8) is 0 Å². The maximum atomic E-state index is 11.5. The molecule has 0 unspecified atom stereocenters. The summed E-state index contributed by atoms with van der Waals surface area (Å²) >= 11 is 0. The molecule has 0 aliphatic rings. The molecular formula is C14H15NO2. The Morgan fingerprint density at radius 3 is 2.88 bits per heavy atom. The highest BCUT2D eigenvalue weighted by molar-refractivity contribution is 5.88. The summed E-state index contributed by atoms with van der Waals surface area (Å²) in [5, 5.41) is 1.16. The van der Waals surface area contributed by atoms with Gasteiger partial charge in [-0.05, 0) is 24.4 Å². The summed E-state index contributed by atoms with van der Waals surface area (Å²) in [4.78, 5) is 11.5. The number of aromatic nitrogens is 1. The summed E-state index contributed by atoms with van der Waals surface area (Å²) in [6.45, 7) is 6.39. The van der Waals surface area contributed by atoms with Gasteiger partial charge in [0.25, 0.3) is 0 Å². The predicted octanol–water partition coefficient (Wildman–Crippen LogP) is 2.76. The lowest BCUT2D eigenvalue weighted by Gasteiger charge is -2.07. The van der Waals surface area contributed by atoms with E-state index in [1.807, 2.05) is 41.1 Å². The second-order valence-corrected chi connectivity index (χ2v) is 3.83. The number of ether oxygens (including phenoxy) is 1. The van der Waals surface area contributed by atoms with Gasteiger partial charge in [0.2, 0.25) is 0 Å². The van der Waals surface area contributed by atoms with E-state index in [0.29, 0.717) is 18.7 Å². The molecule has 0 atom stereocenters. The smallest absolute Gasteiger partial charge is 0.335 e. The summed E-state index contributed by atoms with van der Waals surface area (Å²) in [5.74, 6) is -0.328. The number of benzene rings is 1. The molecule has 0 aliphatic carbocycles. The van der Waals surface area contributed by atoms with Crippen LogP contribution in [0.2, 0.25) is 0 Å². The zero-order chi connectivity index (χ0) is 12.3. The molecule has 1 heterocycles. The zero-order valence-electron chi connectivity index (χ0n) is 9.85. The van der Waals surface area contributed by atoms with Crippen molar-refractivity contribution in [2.45, 2.75) is 13.5 Å². The number of hydrogen-bond donors (Lipinski definition) is 0. The number of fused-ring (bicyclic) bond motifs is 1. The molecule has 3 heteroatoms. The van der Waals surface area contributed by atoms with E-state index in [0.717, 1.165) is 10.9 Å². The fourth-order valence-corrected chi connectivity index (χ4v) is 1.78. The van der Waals surface area contributed by atoms with Crippen molar-refractivity contribution in [3.05, 3.63) is 48.7 Å².